The number of nitrogens with one attached hydrogen (secondary N) is 1. The van der Waals surface area contributed by atoms with E-state index in [0.717, 1.165) is 0 Å². The van der Waals surface area contributed by atoms with Crippen molar-refractivity contribution in [2.45, 2.75) is 18.6 Å². The molecular weight excluding hydrogens is 205 g/mol. The Morgan fingerprint density at radius 1 is 1.43 bits per heavy atom. The first-order chi connectivity index (χ1) is 6.23. The van der Waals surface area contributed by atoms with Crippen LogP contribution in [0.25, 0.3) is 0 Å². The van der Waals surface area contributed by atoms with Crippen molar-refractivity contribution in [1.29, 1.82) is 0 Å². The number of carboxylic acids is 1. The Morgan fingerprint density at radius 2 is 1.93 bits per heavy atom. The number of hydrogen-bond donors (Lipinski definition) is 3. The van der Waals surface area contributed by atoms with Gasteiger partial charge < -0.3 is 16.2 Å². The van der Waals surface area contributed by atoms with Crippen LogP contribution < -0.4 is 11.1 Å². The van der Waals surface area contributed by atoms with Crippen LogP contribution in [0.15, 0.2) is 0 Å². The van der Waals surface area contributed by atoms with Gasteiger partial charge in [0.2, 0.25) is 0 Å². The van der Waals surface area contributed by atoms with Crippen LogP contribution in [-0.4, -0.2) is 35.7 Å². The van der Waals surface area contributed by atoms with Crippen LogP contribution in [0.4, 0.5) is 13.2 Å². The molecular formula is C6H9F3N2O3. The second kappa shape index (κ2) is 4.80. The van der Waals surface area contributed by atoms with E-state index in [-0.39, 0.29) is 0 Å². The van der Waals surface area contributed by atoms with Crippen LogP contribution in [0.5, 0.6) is 0 Å². The van der Waals surface area contributed by atoms with E-state index in [9.17, 15) is 22.8 Å². The van der Waals surface area contributed by atoms with Crippen molar-refractivity contribution in [3.8, 4) is 0 Å². The van der Waals surface area contributed by atoms with Gasteiger partial charge in [-0.2, -0.15) is 13.2 Å². The number of rotatable bonds is 4. The van der Waals surface area contributed by atoms with Crippen LogP contribution in [0, 0.1) is 0 Å². The highest BCUT2D eigenvalue weighted by atomic mass is 19.4. The minimum Gasteiger partial charge on any atom is -0.481 e. The molecule has 0 rings (SSSR count). The van der Waals surface area contributed by atoms with Crippen LogP contribution >= 0.6 is 0 Å². The van der Waals surface area contributed by atoms with E-state index in [4.69, 9.17) is 10.8 Å². The molecule has 0 heterocycles. The van der Waals surface area contributed by atoms with Crippen LogP contribution in [0.2, 0.25) is 0 Å². The molecule has 0 aromatic rings. The average Bonchev–Trinajstić information content (AvgIpc) is 1.96. The molecule has 1 atom stereocenters. The van der Waals surface area contributed by atoms with Gasteiger partial charge in [0.05, 0.1) is 6.42 Å². The lowest BCUT2D eigenvalue weighted by Crippen LogP contribution is -2.44. The number of amides is 1. The molecule has 0 aromatic carbocycles. The van der Waals surface area contributed by atoms with E-state index in [1.54, 1.807) is 0 Å². The summed E-state index contributed by atoms with van der Waals surface area (Å²) >= 11 is 0. The summed E-state index contributed by atoms with van der Waals surface area (Å²) in [7, 11) is 0. The van der Waals surface area contributed by atoms with E-state index in [2.05, 4.69) is 0 Å². The first-order valence-corrected chi connectivity index (χ1v) is 3.56. The van der Waals surface area contributed by atoms with E-state index in [1.807, 2.05) is 0 Å². The van der Waals surface area contributed by atoms with Gasteiger partial charge in [-0.1, -0.05) is 0 Å². The zero-order valence-corrected chi connectivity index (χ0v) is 6.97. The number of halogens is 3. The summed E-state index contributed by atoms with van der Waals surface area (Å²) in [5, 5.41) is 9.67. The quantitative estimate of drug-likeness (QED) is 0.586. The minimum atomic E-state index is -4.97. The van der Waals surface area contributed by atoms with Crippen molar-refractivity contribution in [1.82, 2.24) is 5.32 Å². The molecule has 0 aromatic heterocycles. The molecule has 0 saturated carbocycles. The molecule has 1 amide bonds. The summed E-state index contributed by atoms with van der Waals surface area (Å²) in [6.07, 6.45) is -5.47. The Labute approximate surface area is 77.1 Å². The van der Waals surface area contributed by atoms with Crippen molar-refractivity contribution < 1.29 is 27.9 Å². The standard InChI is InChI=1S/C6H9F3N2O3/c7-6(8,9)5(14)11-2-3(10)1-4(12)13/h3H,1-2,10H2,(H,11,14)(H,12,13)/t3-/m0/s1. The predicted octanol–water partition coefficient (Wildman–Crippen LogP) is -0.533. The maximum absolute atomic E-state index is 11.6. The second-order valence-electron chi connectivity index (χ2n) is 2.57. The summed E-state index contributed by atoms with van der Waals surface area (Å²) in [6, 6.07) is -1.03. The third-order valence-electron chi connectivity index (χ3n) is 1.22. The van der Waals surface area contributed by atoms with Crippen LogP contribution in [0.1, 0.15) is 6.42 Å². The first kappa shape index (κ1) is 12.7. The number of aliphatic carboxylic acids is 1. The number of nitrogens with two attached hydrogens (primary N) is 1. The van der Waals surface area contributed by atoms with Gasteiger partial charge >= 0.3 is 18.1 Å². The number of carbonyl (C=O) groups excluding carboxylic acids is 1. The fourth-order valence-electron chi connectivity index (χ4n) is 0.620. The molecule has 0 aliphatic rings. The molecule has 0 aliphatic heterocycles. The molecule has 0 unspecified atom stereocenters. The van der Waals surface area contributed by atoms with Gasteiger partial charge in [0.25, 0.3) is 0 Å². The van der Waals surface area contributed by atoms with Gasteiger partial charge in [-0.25, -0.2) is 0 Å². The number of carboxylic acid groups (broad SMARTS) is 1. The van der Waals surface area contributed by atoms with Crippen LogP contribution in [-0.2, 0) is 9.59 Å². The Balaban J connectivity index is 3.84. The molecule has 5 nitrogen and oxygen atoms in total. The molecule has 0 radical (unpaired) electrons. The van der Waals surface area contributed by atoms with Gasteiger partial charge in [0, 0.05) is 12.6 Å². The summed E-state index contributed by atoms with van der Waals surface area (Å²) in [5.41, 5.74) is 5.10. The van der Waals surface area contributed by atoms with Crippen molar-refractivity contribution in [3.05, 3.63) is 0 Å². The zero-order chi connectivity index (χ0) is 11.4. The molecule has 0 bridgehead atoms. The topological polar surface area (TPSA) is 92.4 Å². The average molecular weight is 214 g/mol. The van der Waals surface area contributed by atoms with Crippen molar-refractivity contribution in [2.75, 3.05) is 6.54 Å². The fourth-order valence-corrected chi connectivity index (χ4v) is 0.620. The summed E-state index contributed by atoms with van der Waals surface area (Å²) in [5.74, 6) is -3.36. The van der Waals surface area contributed by atoms with E-state index in [1.165, 1.54) is 5.32 Å². The SMILES string of the molecule is N[C@H](CNC(=O)C(F)(F)F)CC(=O)O. The highest BCUT2D eigenvalue weighted by Crippen LogP contribution is 2.13. The predicted molar refractivity (Wildman–Crippen MR) is 39.3 cm³/mol. The Morgan fingerprint density at radius 3 is 2.29 bits per heavy atom. The largest absolute Gasteiger partial charge is 0.481 e. The third-order valence-corrected chi connectivity index (χ3v) is 1.22. The van der Waals surface area contributed by atoms with Gasteiger partial charge in [0.15, 0.2) is 0 Å². The highest BCUT2D eigenvalue weighted by Gasteiger charge is 2.38. The third kappa shape index (κ3) is 5.36. The number of hydrogen-bond acceptors (Lipinski definition) is 3. The van der Waals surface area contributed by atoms with Crippen molar-refractivity contribution >= 4 is 11.9 Å². The maximum atomic E-state index is 11.6. The first-order valence-electron chi connectivity index (χ1n) is 3.56. The smallest absolute Gasteiger partial charge is 0.471 e. The Bertz CT molecular complexity index is 229. The van der Waals surface area contributed by atoms with Crippen molar-refractivity contribution in [2.24, 2.45) is 5.73 Å². The minimum absolute atomic E-state index is 0.502. The molecule has 0 spiro atoms. The second-order valence-corrected chi connectivity index (χ2v) is 2.57. The van der Waals surface area contributed by atoms with E-state index >= 15 is 0 Å². The van der Waals surface area contributed by atoms with E-state index < -0.39 is 37.1 Å². The molecule has 8 heteroatoms. The highest BCUT2D eigenvalue weighted by molar-refractivity contribution is 5.81. The Kier molecular flexibility index (Phi) is 4.35. The van der Waals surface area contributed by atoms with Crippen molar-refractivity contribution in [3.63, 3.8) is 0 Å². The lowest BCUT2D eigenvalue weighted by molar-refractivity contribution is -0.173. The lowest BCUT2D eigenvalue weighted by Gasteiger charge is -2.11. The fraction of sp³-hybridized carbons (Fsp3) is 0.667. The molecule has 14 heavy (non-hydrogen) atoms. The Hall–Kier alpha value is -1.31. The normalized spacial score (nSPS) is 13.4. The van der Waals surface area contributed by atoms with Gasteiger partial charge in [-0.3, -0.25) is 9.59 Å². The summed E-state index contributed by atoms with van der Waals surface area (Å²) < 4.78 is 34.8. The number of carbonyl (C=O) groups is 2. The number of alkyl halides is 3. The maximum Gasteiger partial charge on any atom is 0.471 e. The van der Waals surface area contributed by atoms with E-state index in [0.29, 0.717) is 0 Å². The summed E-state index contributed by atoms with van der Waals surface area (Å²) in [4.78, 5) is 20.3. The summed E-state index contributed by atoms with van der Waals surface area (Å²) in [6.45, 7) is -0.523. The molecule has 0 fully saturated rings. The monoisotopic (exact) mass is 214 g/mol. The molecule has 4 N–H and O–H groups in total. The zero-order valence-electron chi connectivity index (χ0n) is 6.97. The lowest BCUT2D eigenvalue weighted by atomic mass is 10.2. The van der Waals surface area contributed by atoms with Crippen LogP contribution in [0.3, 0.4) is 0 Å². The molecule has 0 aliphatic carbocycles. The van der Waals surface area contributed by atoms with Gasteiger partial charge in [-0.05, 0) is 0 Å². The van der Waals surface area contributed by atoms with Gasteiger partial charge in [0.1, 0.15) is 0 Å². The van der Waals surface area contributed by atoms with Gasteiger partial charge in [-0.15, -0.1) is 0 Å². The molecule has 0 saturated heterocycles. The molecule has 82 valence electrons.